The molecule has 30 heavy (non-hydrogen) atoms. The van der Waals surface area contributed by atoms with Gasteiger partial charge in [-0.1, -0.05) is 12.1 Å². The molecule has 0 spiro atoms. The average Bonchev–Trinajstić information content (AvgIpc) is 3.31. The normalized spacial score (nSPS) is 11.0. The predicted molar refractivity (Wildman–Crippen MR) is 131 cm³/mol. The Balaban J connectivity index is 0.00000320. The largest absolute Gasteiger partial charge is 0.352 e. The first kappa shape index (κ1) is 23.8. The highest BCUT2D eigenvalue weighted by Crippen LogP contribution is 2.16. The summed E-state index contributed by atoms with van der Waals surface area (Å²) in [6.45, 7) is 5.48. The molecule has 2 heterocycles. The van der Waals surface area contributed by atoms with Crippen molar-refractivity contribution in [2.45, 2.75) is 33.5 Å². The van der Waals surface area contributed by atoms with E-state index in [1.165, 1.54) is 4.88 Å². The van der Waals surface area contributed by atoms with Gasteiger partial charge in [-0.3, -0.25) is 14.5 Å². The van der Waals surface area contributed by atoms with E-state index in [0.717, 1.165) is 22.0 Å². The summed E-state index contributed by atoms with van der Waals surface area (Å²) in [4.78, 5) is 22.0. The molecule has 0 aliphatic rings. The third kappa shape index (κ3) is 7.10. The van der Waals surface area contributed by atoms with Crippen LogP contribution in [0.15, 0.2) is 47.7 Å². The molecule has 0 bridgehead atoms. The van der Waals surface area contributed by atoms with Crippen LogP contribution in [0.5, 0.6) is 0 Å². The second kappa shape index (κ2) is 11.6. The van der Waals surface area contributed by atoms with Crippen molar-refractivity contribution in [3.63, 3.8) is 0 Å². The van der Waals surface area contributed by atoms with Crippen LogP contribution in [0.4, 0.5) is 5.69 Å². The van der Waals surface area contributed by atoms with Crippen LogP contribution < -0.4 is 16.0 Å². The van der Waals surface area contributed by atoms with Crippen molar-refractivity contribution >= 4 is 52.9 Å². The summed E-state index contributed by atoms with van der Waals surface area (Å²) in [6, 6.07) is 9.52. The quantitative estimate of drug-likeness (QED) is 0.244. The van der Waals surface area contributed by atoms with Crippen molar-refractivity contribution in [2.75, 3.05) is 12.4 Å². The lowest BCUT2D eigenvalue weighted by Crippen LogP contribution is -2.36. The van der Waals surface area contributed by atoms with E-state index < -0.39 is 0 Å². The van der Waals surface area contributed by atoms with Gasteiger partial charge in [0, 0.05) is 36.6 Å². The summed E-state index contributed by atoms with van der Waals surface area (Å²) in [5.41, 5.74) is 2.84. The van der Waals surface area contributed by atoms with Gasteiger partial charge in [0.05, 0.1) is 17.2 Å². The fourth-order valence-corrected chi connectivity index (χ4v) is 3.69. The number of aromatic nitrogens is 3. The Morgan fingerprint density at radius 3 is 2.67 bits per heavy atom. The SMILES string of the molecule is CN=C(NCc1cccc(NC(=O)Cn2cccn2)c1)NCc1sc(C)nc1C.I. The summed E-state index contributed by atoms with van der Waals surface area (Å²) in [5, 5.41) is 14.6. The summed E-state index contributed by atoms with van der Waals surface area (Å²) < 4.78 is 1.59. The molecule has 0 unspecified atom stereocenters. The van der Waals surface area contributed by atoms with E-state index in [-0.39, 0.29) is 36.4 Å². The van der Waals surface area contributed by atoms with Crippen LogP contribution in [-0.4, -0.2) is 33.7 Å². The monoisotopic (exact) mass is 539 g/mol. The third-order valence-electron chi connectivity index (χ3n) is 4.18. The first-order valence-electron chi connectivity index (χ1n) is 9.27. The van der Waals surface area contributed by atoms with Gasteiger partial charge in [-0.2, -0.15) is 5.10 Å². The summed E-state index contributed by atoms with van der Waals surface area (Å²) in [5.74, 6) is 0.593. The number of hydrogen-bond acceptors (Lipinski definition) is 5. The van der Waals surface area contributed by atoms with Gasteiger partial charge in [0.25, 0.3) is 0 Å². The Hall–Kier alpha value is -2.47. The van der Waals surface area contributed by atoms with Crippen molar-refractivity contribution in [2.24, 2.45) is 4.99 Å². The third-order valence-corrected chi connectivity index (χ3v) is 5.25. The molecule has 10 heteroatoms. The van der Waals surface area contributed by atoms with Crippen molar-refractivity contribution in [1.29, 1.82) is 0 Å². The first-order valence-corrected chi connectivity index (χ1v) is 10.1. The Labute approximate surface area is 197 Å². The van der Waals surface area contributed by atoms with Gasteiger partial charge in [-0.05, 0) is 37.6 Å². The molecule has 0 aliphatic heterocycles. The second-order valence-electron chi connectivity index (χ2n) is 6.47. The van der Waals surface area contributed by atoms with Crippen molar-refractivity contribution in [3.05, 3.63) is 63.9 Å². The molecular weight excluding hydrogens is 513 g/mol. The minimum absolute atomic E-state index is 0. The highest BCUT2D eigenvalue weighted by molar-refractivity contribution is 14.0. The van der Waals surface area contributed by atoms with Gasteiger partial charge < -0.3 is 16.0 Å². The molecule has 3 aromatic rings. The van der Waals surface area contributed by atoms with Crippen LogP contribution in [0.1, 0.15) is 21.1 Å². The topological polar surface area (TPSA) is 96.2 Å². The van der Waals surface area contributed by atoms with E-state index in [4.69, 9.17) is 0 Å². The van der Waals surface area contributed by atoms with Gasteiger partial charge in [0.15, 0.2) is 5.96 Å². The van der Waals surface area contributed by atoms with Crippen LogP contribution in [-0.2, 0) is 24.4 Å². The van der Waals surface area contributed by atoms with E-state index in [1.807, 2.05) is 38.1 Å². The minimum Gasteiger partial charge on any atom is -0.352 e. The lowest BCUT2D eigenvalue weighted by molar-refractivity contribution is -0.116. The molecule has 0 saturated carbocycles. The number of nitrogens with one attached hydrogen (secondary N) is 3. The Morgan fingerprint density at radius 2 is 2.00 bits per heavy atom. The lowest BCUT2D eigenvalue weighted by atomic mass is 10.2. The summed E-state index contributed by atoms with van der Waals surface area (Å²) in [6.07, 6.45) is 3.41. The van der Waals surface area contributed by atoms with E-state index in [9.17, 15) is 4.79 Å². The molecule has 0 aliphatic carbocycles. The number of hydrogen-bond donors (Lipinski definition) is 3. The molecule has 2 aromatic heterocycles. The first-order chi connectivity index (χ1) is 14.0. The smallest absolute Gasteiger partial charge is 0.246 e. The van der Waals surface area contributed by atoms with E-state index in [0.29, 0.717) is 19.0 Å². The molecule has 3 N–H and O–H groups in total. The highest BCUT2D eigenvalue weighted by Gasteiger charge is 2.07. The number of nitrogens with zero attached hydrogens (tertiary/aromatic N) is 4. The fourth-order valence-electron chi connectivity index (χ4n) is 2.81. The standard InChI is InChI=1S/C20H25N7OS.HI/c1-14-18(29-15(2)25-14)12-23-20(21-3)22-11-16-6-4-7-17(10-16)26-19(28)13-27-9-5-8-24-27;/h4-10H,11-13H2,1-3H3,(H,26,28)(H2,21,22,23);1H. The Bertz CT molecular complexity index is 985. The predicted octanol–water partition coefficient (Wildman–Crippen LogP) is 3.08. The molecule has 0 atom stereocenters. The number of rotatable bonds is 7. The van der Waals surface area contributed by atoms with Gasteiger partial charge >= 0.3 is 0 Å². The average molecular weight is 539 g/mol. The zero-order valence-electron chi connectivity index (χ0n) is 17.2. The number of anilines is 1. The number of benzene rings is 1. The Morgan fingerprint density at radius 1 is 1.20 bits per heavy atom. The maximum atomic E-state index is 12.1. The van der Waals surface area contributed by atoms with Crippen molar-refractivity contribution in [1.82, 2.24) is 25.4 Å². The van der Waals surface area contributed by atoms with Gasteiger partial charge in [0.2, 0.25) is 5.91 Å². The van der Waals surface area contributed by atoms with Crippen LogP contribution in [0, 0.1) is 13.8 Å². The molecule has 3 rings (SSSR count). The number of aliphatic imine (C=N–C) groups is 1. The molecule has 0 radical (unpaired) electrons. The van der Waals surface area contributed by atoms with Crippen molar-refractivity contribution < 1.29 is 4.79 Å². The van der Waals surface area contributed by atoms with E-state index >= 15 is 0 Å². The van der Waals surface area contributed by atoms with Crippen LogP contribution in [0.3, 0.4) is 0 Å². The number of guanidine groups is 1. The van der Waals surface area contributed by atoms with Crippen LogP contribution in [0.2, 0.25) is 0 Å². The molecule has 8 nitrogen and oxygen atoms in total. The second-order valence-corrected chi connectivity index (χ2v) is 7.76. The molecule has 1 aromatic carbocycles. The van der Waals surface area contributed by atoms with Crippen LogP contribution >= 0.6 is 35.3 Å². The lowest BCUT2D eigenvalue weighted by Gasteiger charge is -2.12. The maximum Gasteiger partial charge on any atom is 0.246 e. The molecule has 160 valence electrons. The van der Waals surface area contributed by atoms with Gasteiger partial charge in [0.1, 0.15) is 6.54 Å². The number of carbonyl (C=O) groups excluding carboxylic acids is 1. The molecular formula is C20H26IN7OS. The zero-order chi connectivity index (χ0) is 20.6. The number of amides is 1. The van der Waals surface area contributed by atoms with Crippen LogP contribution in [0.25, 0.3) is 0 Å². The number of thiazole rings is 1. The van der Waals surface area contributed by atoms with E-state index in [2.05, 4.69) is 31.0 Å². The molecule has 1 amide bonds. The van der Waals surface area contributed by atoms with Gasteiger partial charge in [-0.15, -0.1) is 35.3 Å². The number of halogens is 1. The summed E-state index contributed by atoms with van der Waals surface area (Å²) >= 11 is 1.69. The Kier molecular flexibility index (Phi) is 9.24. The van der Waals surface area contributed by atoms with E-state index in [1.54, 1.807) is 41.5 Å². The zero-order valence-corrected chi connectivity index (χ0v) is 20.3. The minimum atomic E-state index is -0.119. The van der Waals surface area contributed by atoms with Crippen molar-refractivity contribution in [3.8, 4) is 0 Å². The van der Waals surface area contributed by atoms with Gasteiger partial charge in [-0.25, -0.2) is 4.98 Å². The number of aryl methyl sites for hydroxylation is 2. The molecule has 0 fully saturated rings. The summed E-state index contributed by atoms with van der Waals surface area (Å²) in [7, 11) is 1.74. The fraction of sp³-hybridized carbons (Fsp3) is 0.300. The maximum absolute atomic E-state index is 12.1. The molecule has 0 saturated heterocycles. The highest BCUT2D eigenvalue weighted by atomic mass is 127. The number of carbonyl (C=O) groups is 1.